The molecule has 0 atom stereocenters. The van der Waals surface area contributed by atoms with Crippen LogP contribution in [0.5, 0.6) is 5.75 Å². The number of hydrogen-bond acceptors (Lipinski definition) is 3. The van der Waals surface area contributed by atoms with Gasteiger partial charge in [-0.15, -0.1) is 0 Å². The maximum absolute atomic E-state index is 13.1. The van der Waals surface area contributed by atoms with Crippen LogP contribution in [0.3, 0.4) is 0 Å². The van der Waals surface area contributed by atoms with Crippen molar-refractivity contribution in [2.45, 2.75) is 12.8 Å². The van der Waals surface area contributed by atoms with Gasteiger partial charge in [0, 0.05) is 11.6 Å². The molecule has 1 aromatic carbocycles. The van der Waals surface area contributed by atoms with Gasteiger partial charge in [0.1, 0.15) is 11.6 Å². The summed E-state index contributed by atoms with van der Waals surface area (Å²) in [5, 5.41) is -0.961. The summed E-state index contributed by atoms with van der Waals surface area (Å²) in [6.45, 7) is -3.25. The lowest BCUT2D eigenvalue weighted by Crippen LogP contribution is -2.10. The van der Waals surface area contributed by atoms with E-state index in [4.69, 9.17) is 11.6 Å². The highest BCUT2D eigenvalue weighted by Gasteiger charge is 2.36. The molecule has 0 saturated heterocycles. The molecule has 22 heavy (non-hydrogen) atoms. The number of hydrogen-bond donors (Lipinski definition) is 0. The van der Waals surface area contributed by atoms with Gasteiger partial charge in [-0.05, 0) is 12.1 Å². The monoisotopic (exact) mass is 342 g/mol. The predicted molar refractivity (Wildman–Crippen MR) is 64.1 cm³/mol. The van der Waals surface area contributed by atoms with Crippen molar-refractivity contribution in [2.75, 3.05) is 0 Å². The largest absolute Gasteiger partial charge is 0.436 e. The minimum absolute atomic E-state index is 0.176. The standard InChI is InChI=1S/C12H5ClF6N2O/c13-10-9(12(17,18)19)20-4-7(21-10)6-2-1-5(14)3-8(6)22-11(15)16/h1-4,11H. The van der Waals surface area contributed by atoms with Gasteiger partial charge in [0.2, 0.25) is 0 Å². The highest BCUT2D eigenvalue weighted by Crippen LogP contribution is 2.35. The number of alkyl halides is 5. The Morgan fingerprint density at radius 1 is 1.18 bits per heavy atom. The Hall–Kier alpha value is -2.03. The first kappa shape index (κ1) is 16.3. The lowest BCUT2D eigenvalue weighted by Gasteiger charge is -2.12. The van der Waals surface area contributed by atoms with Gasteiger partial charge in [0.25, 0.3) is 0 Å². The van der Waals surface area contributed by atoms with Crippen molar-refractivity contribution >= 4 is 11.6 Å². The lowest BCUT2D eigenvalue weighted by atomic mass is 10.1. The molecule has 0 saturated carbocycles. The second-order valence-corrected chi connectivity index (χ2v) is 4.27. The summed E-state index contributed by atoms with van der Waals surface area (Å²) in [7, 11) is 0. The molecule has 10 heteroatoms. The van der Waals surface area contributed by atoms with E-state index >= 15 is 0 Å². The second kappa shape index (κ2) is 5.99. The van der Waals surface area contributed by atoms with Gasteiger partial charge in [-0.2, -0.15) is 22.0 Å². The van der Waals surface area contributed by atoms with Crippen LogP contribution in [0.2, 0.25) is 5.15 Å². The van der Waals surface area contributed by atoms with Gasteiger partial charge in [0.05, 0.1) is 11.9 Å². The van der Waals surface area contributed by atoms with Crippen LogP contribution in [0.1, 0.15) is 5.69 Å². The molecule has 0 bridgehead atoms. The van der Waals surface area contributed by atoms with E-state index in [-0.39, 0.29) is 11.3 Å². The Morgan fingerprint density at radius 3 is 2.41 bits per heavy atom. The Kier molecular flexibility index (Phi) is 4.45. The maximum atomic E-state index is 13.1. The lowest BCUT2D eigenvalue weighted by molar-refractivity contribution is -0.141. The smallest absolute Gasteiger partial charge is 0.434 e. The fraction of sp³-hybridized carbons (Fsp3) is 0.167. The van der Waals surface area contributed by atoms with E-state index in [2.05, 4.69) is 14.7 Å². The van der Waals surface area contributed by atoms with Gasteiger partial charge in [-0.3, -0.25) is 0 Å². The molecule has 0 radical (unpaired) electrons. The van der Waals surface area contributed by atoms with Crippen LogP contribution >= 0.6 is 11.6 Å². The number of halogens is 7. The first-order chi connectivity index (χ1) is 10.2. The zero-order chi connectivity index (χ0) is 16.5. The SMILES string of the molecule is Fc1ccc(-c2cnc(C(F)(F)F)c(Cl)n2)c(OC(F)F)c1. The Bertz CT molecular complexity index is 692. The molecule has 118 valence electrons. The third kappa shape index (κ3) is 3.59. The summed E-state index contributed by atoms with van der Waals surface area (Å²) in [5.74, 6) is -1.47. The van der Waals surface area contributed by atoms with Crippen LogP contribution in [0.25, 0.3) is 11.3 Å². The average Bonchev–Trinajstić information content (AvgIpc) is 2.36. The molecule has 0 spiro atoms. The van der Waals surface area contributed by atoms with Gasteiger partial charge in [0.15, 0.2) is 10.8 Å². The van der Waals surface area contributed by atoms with Crippen molar-refractivity contribution in [1.29, 1.82) is 0 Å². The maximum Gasteiger partial charge on any atom is 0.436 e. The molecular weight excluding hydrogens is 338 g/mol. The van der Waals surface area contributed by atoms with Crippen LogP contribution in [0, 0.1) is 5.82 Å². The van der Waals surface area contributed by atoms with Gasteiger partial charge >= 0.3 is 12.8 Å². The summed E-state index contributed by atoms with van der Waals surface area (Å²) in [6.07, 6.45) is -4.13. The quantitative estimate of drug-likeness (QED) is 0.767. The van der Waals surface area contributed by atoms with Crippen molar-refractivity contribution in [3.05, 3.63) is 41.1 Å². The zero-order valence-electron chi connectivity index (χ0n) is 10.3. The molecule has 2 aromatic rings. The van der Waals surface area contributed by atoms with Gasteiger partial charge < -0.3 is 4.74 Å². The molecule has 0 N–H and O–H groups in total. The molecule has 2 rings (SSSR count). The molecular formula is C12H5ClF6N2O. The number of benzene rings is 1. The van der Waals surface area contributed by atoms with Crippen LogP contribution in [-0.2, 0) is 6.18 Å². The van der Waals surface area contributed by atoms with E-state index in [1.807, 2.05) is 0 Å². The third-order valence-electron chi connectivity index (χ3n) is 2.43. The van der Waals surface area contributed by atoms with Crippen molar-refractivity contribution in [2.24, 2.45) is 0 Å². The third-order valence-corrected chi connectivity index (χ3v) is 2.70. The number of nitrogens with zero attached hydrogens (tertiary/aromatic N) is 2. The van der Waals surface area contributed by atoms with Crippen molar-refractivity contribution in [3.8, 4) is 17.0 Å². The Morgan fingerprint density at radius 2 is 1.86 bits per heavy atom. The molecule has 0 amide bonds. The van der Waals surface area contributed by atoms with Gasteiger partial charge in [-0.1, -0.05) is 11.6 Å². The number of ether oxygens (including phenoxy) is 1. The highest BCUT2D eigenvalue weighted by atomic mass is 35.5. The van der Waals surface area contributed by atoms with Crippen LogP contribution in [0.15, 0.2) is 24.4 Å². The van der Waals surface area contributed by atoms with Crippen LogP contribution in [0.4, 0.5) is 26.3 Å². The Balaban J connectivity index is 2.50. The van der Waals surface area contributed by atoms with Crippen LogP contribution < -0.4 is 4.74 Å². The van der Waals surface area contributed by atoms with E-state index in [1.54, 1.807) is 0 Å². The minimum atomic E-state index is -4.81. The number of rotatable bonds is 3. The summed E-state index contributed by atoms with van der Waals surface area (Å²) < 4.78 is 79.4. The fourth-order valence-corrected chi connectivity index (χ4v) is 1.83. The minimum Gasteiger partial charge on any atom is -0.434 e. The van der Waals surface area contributed by atoms with E-state index in [1.165, 1.54) is 0 Å². The van der Waals surface area contributed by atoms with Crippen molar-refractivity contribution < 1.29 is 31.1 Å². The molecule has 0 aliphatic carbocycles. The number of aromatic nitrogens is 2. The molecule has 0 aliphatic rings. The normalized spacial score (nSPS) is 11.8. The topological polar surface area (TPSA) is 35.0 Å². The van der Waals surface area contributed by atoms with Crippen LogP contribution in [-0.4, -0.2) is 16.6 Å². The van der Waals surface area contributed by atoms with Crippen molar-refractivity contribution in [1.82, 2.24) is 9.97 Å². The molecule has 3 nitrogen and oxygen atoms in total. The highest BCUT2D eigenvalue weighted by molar-refractivity contribution is 6.30. The Labute approximate surface area is 124 Å². The first-order valence-corrected chi connectivity index (χ1v) is 5.90. The molecule has 1 heterocycles. The predicted octanol–water partition coefficient (Wildman–Crippen LogP) is 4.56. The summed E-state index contributed by atoms with van der Waals surface area (Å²) in [4.78, 5) is 6.56. The van der Waals surface area contributed by atoms with E-state index in [0.717, 1.165) is 12.1 Å². The average molecular weight is 343 g/mol. The molecule has 1 aromatic heterocycles. The summed E-state index contributed by atoms with van der Waals surface area (Å²) in [5.41, 5.74) is -1.87. The molecule has 0 aliphatic heterocycles. The molecule has 0 fully saturated rings. The fourth-order valence-electron chi connectivity index (χ4n) is 1.59. The molecule has 0 unspecified atom stereocenters. The summed E-state index contributed by atoms with van der Waals surface area (Å²) in [6, 6.07) is 2.57. The summed E-state index contributed by atoms with van der Waals surface area (Å²) >= 11 is 5.40. The van der Waals surface area contributed by atoms with E-state index in [0.29, 0.717) is 12.3 Å². The second-order valence-electron chi connectivity index (χ2n) is 3.91. The van der Waals surface area contributed by atoms with E-state index < -0.39 is 35.2 Å². The zero-order valence-corrected chi connectivity index (χ0v) is 11.1. The van der Waals surface area contributed by atoms with Crippen molar-refractivity contribution in [3.63, 3.8) is 0 Å². The first-order valence-electron chi connectivity index (χ1n) is 5.53. The van der Waals surface area contributed by atoms with Gasteiger partial charge in [-0.25, -0.2) is 14.4 Å². The van der Waals surface area contributed by atoms with E-state index in [9.17, 15) is 26.3 Å².